The van der Waals surface area contributed by atoms with Gasteiger partial charge in [-0.15, -0.1) is 0 Å². The molecule has 0 radical (unpaired) electrons. The number of carbonyl (C=O) groups is 1. The lowest BCUT2D eigenvalue weighted by Crippen LogP contribution is -2.52. The number of carbonyl (C=O) groups excluding carboxylic acids is 1. The summed E-state index contributed by atoms with van der Waals surface area (Å²) in [5.41, 5.74) is 2.68. The fourth-order valence-electron chi connectivity index (χ4n) is 7.22. The molecule has 8 nitrogen and oxygen atoms in total. The van der Waals surface area contributed by atoms with Crippen LogP contribution in [0.1, 0.15) is 89.2 Å². The molecule has 3 heterocycles. The fraction of sp³-hybridized carbons (Fsp3) is 0.633. The van der Waals surface area contributed by atoms with E-state index in [2.05, 4.69) is 29.0 Å². The van der Waals surface area contributed by atoms with Gasteiger partial charge in [-0.05, 0) is 108 Å². The molecule has 1 aromatic carbocycles. The van der Waals surface area contributed by atoms with Gasteiger partial charge in [-0.25, -0.2) is 13.4 Å². The zero-order chi connectivity index (χ0) is 27.5. The summed E-state index contributed by atoms with van der Waals surface area (Å²) in [5, 5.41) is 2.99. The highest BCUT2D eigenvalue weighted by Gasteiger charge is 2.51. The molecule has 6 rings (SSSR count). The topological polar surface area (TPSA) is 95.5 Å². The van der Waals surface area contributed by atoms with Gasteiger partial charge >= 0.3 is 0 Å². The molecule has 1 saturated heterocycles. The van der Waals surface area contributed by atoms with Crippen LogP contribution in [-0.2, 0) is 14.6 Å². The fourth-order valence-corrected chi connectivity index (χ4v) is 9.35. The summed E-state index contributed by atoms with van der Waals surface area (Å²) in [6.07, 6.45) is 9.81. The predicted molar refractivity (Wildman–Crippen MR) is 153 cm³/mol. The number of hydrogen-bond donors (Lipinski definition) is 1. The summed E-state index contributed by atoms with van der Waals surface area (Å²) in [7, 11) is -3.37. The summed E-state index contributed by atoms with van der Waals surface area (Å²) >= 11 is 0. The second-order valence-corrected chi connectivity index (χ2v) is 14.9. The van der Waals surface area contributed by atoms with E-state index in [1.807, 2.05) is 24.8 Å². The van der Waals surface area contributed by atoms with Gasteiger partial charge < -0.3 is 10.2 Å². The molecule has 1 unspecified atom stereocenters. The first-order valence-corrected chi connectivity index (χ1v) is 16.2. The number of sulfone groups is 1. The van der Waals surface area contributed by atoms with Gasteiger partial charge in [0.1, 0.15) is 5.82 Å². The van der Waals surface area contributed by atoms with Crippen molar-refractivity contribution in [2.24, 2.45) is 5.41 Å². The molecule has 0 bridgehead atoms. The molecular formula is C30H41N5O3S. The number of fused-ring (bicyclic) bond motifs is 1. The Labute approximate surface area is 232 Å². The largest absolute Gasteiger partial charge is 0.324 e. The van der Waals surface area contributed by atoms with Crippen molar-refractivity contribution in [3.05, 3.63) is 35.5 Å². The van der Waals surface area contributed by atoms with Crippen LogP contribution < -0.4 is 10.2 Å². The van der Waals surface area contributed by atoms with Crippen molar-refractivity contribution in [2.75, 3.05) is 23.3 Å². The Balaban J connectivity index is 1.15. The number of hydrogen-bond acceptors (Lipinski definition) is 7. The Morgan fingerprint density at radius 1 is 1.10 bits per heavy atom. The van der Waals surface area contributed by atoms with Gasteiger partial charge in [-0.1, -0.05) is 12.8 Å². The van der Waals surface area contributed by atoms with E-state index in [1.54, 1.807) is 18.3 Å². The van der Waals surface area contributed by atoms with E-state index in [4.69, 9.17) is 4.98 Å². The summed E-state index contributed by atoms with van der Waals surface area (Å²) < 4.78 is 27.0. The molecule has 210 valence electrons. The van der Waals surface area contributed by atoms with Crippen LogP contribution in [0.2, 0.25) is 0 Å². The van der Waals surface area contributed by atoms with Crippen LogP contribution >= 0.6 is 0 Å². The van der Waals surface area contributed by atoms with E-state index >= 15 is 0 Å². The van der Waals surface area contributed by atoms with Crippen molar-refractivity contribution >= 4 is 33.2 Å². The molecule has 2 aliphatic heterocycles. The first-order chi connectivity index (χ1) is 18.6. The van der Waals surface area contributed by atoms with E-state index < -0.39 is 9.84 Å². The normalized spacial score (nSPS) is 24.0. The van der Waals surface area contributed by atoms with Gasteiger partial charge in [0.25, 0.3) is 0 Å². The lowest BCUT2D eigenvalue weighted by Gasteiger charge is -2.52. The molecule has 1 spiro atoms. The Kier molecular flexibility index (Phi) is 6.73. The second-order valence-electron chi connectivity index (χ2n) is 12.6. The standard InChI is InChI=1S/C30H41N5O3S/c1-19(2)34-13-11-30(12-14-34)16-24(17-30)39(37,38)23-9-10-26(20(3)15-23)32-29-31-18-25-21(4)28(36)35(27(25)33-29)22-7-5-6-8-22/h9-10,15,18-19,21-22,24H,5-8,11-14,16-17H2,1-4H3,(H,31,32,33). The molecule has 2 aromatic rings. The van der Waals surface area contributed by atoms with Crippen LogP contribution in [0.15, 0.2) is 29.3 Å². The minimum absolute atomic E-state index is 0.109. The van der Waals surface area contributed by atoms with Crippen molar-refractivity contribution in [3.63, 3.8) is 0 Å². The van der Waals surface area contributed by atoms with E-state index in [1.165, 1.54) is 0 Å². The first-order valence-electron chi connectivity index (χ1n) is 14.6. The van der Waals surface area contributed by atoms with E-state index in [0.29, 0.717) is 22.7 Å². The molecule has 2 aliphatic carbocycles. The number of rotatable bonds is 6. The number of benzene rings is 1. The van der Waals surface area contributed by atoms with Crippen LogP contribution in [0.5, 0.6) is 0 Å². The van der Waals surface area contributed by atoms with Crippen molar-refractivity contribution in [1.82, 2.24) is 14.9 Å². The average Bonchev–Trinajstić information content (AvgIpc) is 3.50. The number of anilines is 3. The second kappa shape index (κ2) is 9.84. The number of aromatic nitrogens is 2. The predicted octanol–water partition coefficient (Wildman–Crippen LogP) is 5.35. The third-order valence-electron chi connectivity index (χ3n) is 9.91. The van der Waals surface area contributed by atoms with Crippen molar-refractivity contribution in [2.45, 2.75) is 107 Å². The van der Waals surface area contributed by atoms with E-state index in [9.17, 15) is 13.2 Å². The average molecular weight is 552 g/mol. The number of likely N-dealkylation sites (tertiary alicyclic amines) is 1. The Hall–Kier alpha value is -2.52. The third-order valence-corrected chi connectivity index (χ3v) is 12.0. The van der Waals surface area contributed by atoms with Gasteiger partial charge in [0.2, 0.25) is 11.9 Å². The number of nitrogens with zero attached hydrogens (tertiary/aromatic N) is 4. The molecular weight excluding hydrogens is 510 g/mol. The maximum absolute atomic E-state index is 13.5. The van der Waals surface area contributed by atoms with Crippen molar-refractivity contribution < 1.29 is 13.2 Å². The first kappa shape index (κ1) is 26.7. The monoisotopic (exact) mass is 551 g/mol. The Morgan fingerprint density at radius 2 is 1.79 bits per heavy atom. The number of piperidine rings is 1. The lowest BCUT2D eigenvalue weighted by molar-refractivity contribution is -0.119. The van der Waals surface area contributed by atoms with Gasteiger partial charge in [-0.2, -0.15) is 4.98 Å². The van der Waals surface area contributed by atoms with Gasteiger partial charge in [0.05, 0.1) is 16.1 Å². The molecule has 39 heavy (non-hydrogen) atoms. The minimum atomic E-state index is -3.37. The number of amides is 1. The third kappa shape index (κ3) is 4.65. The highest BCUT2D eigenvalue weighted by Crippen LogP contribution is 2.53. The molecule has 3 fully saturated rings. The van der Waals surface area contributed by atoms with Crippen molar-refractivity contribution in [3.8, 4) is 0 Å². The molecule has 2 saturated carbocycles. The maximum atomic E-state index is 13.5. The van der Waals surface area contributed by atoms with Gasteiger partial charge in [-0.3, -0.25) is 9.69 Å². The van der Waals surface area contributed by atoms with E-state index in [-0.39, 0.29) is 28.5 Å². The minimum Gasteiger partial charge on any atom is -0.324 e. The zero-order valence-electron chi connectivity index (χ0n) is 23.6. The molecule has 1 N–H and O–H groups in total. The van der Waals surface area contributed by atoms with Crippen LogP contribution in [0, 0.1) is 12.3 Å². The number of aryl methyl sites for hydroxylation is 1. The highest BCUT2D eigenvalue weighted by atomic mass is 32.2. The Bertz CT molecular complexity index is 1370. The van der Waals surface area contributed by atoms with Crippen LogP contribution in [0.3, 0.4) is 0 Å². The summed E-state index contributed by atoms with van der Waals surface area (Å²) in [6, 6.07) is 6.06. The van der Waals surface area contributed by atoms with Crippen LogP contribution in [0.25, 0.3) is 0 Å². The maximum Gasteiger partial charge on any atom is 0.235 e. The summed E-state index contributed by atoms with van der Waals surface area (Å²) in [6.45, 7) is 10.4. The summed E-state index contributed by atoms with van der Waals surface area (Å²) in [5.74, 6) is 1.02. The number of nitrogens with one attached hydrogen (secondary N) is 1. The lowest BCUT2D eigenvalue weighted by atomic mass is 9.63. The molecule has 4 aliphatic rings. The van der Waals surface area contributed by atoms with Gasteiger partial charge in [0.15, 0.2) is 9.84 Å². The quantitative estimate of drug-likeness (QED) is 0.517. The van der Waals surface area contributed by atoms with Crippen LogP contribution in [0.4, 0.5) is 17.5 Å². The molecule has 1 atom stereocenters. The smallest absolute Gasteiger partial charge is 0.235 e. The van der Waals surface area contributed by atoms with Crippen molar-refractivity contribution in [1.29, 1.82) is 0 Å². The van der Waals surface area contributed by atoms with Gasteiger partial charge in [0, 0.05) is 29.5 Å². The molecule has 9 heteroatoms. The molecule has 1 aromatic heterocycles. The SMILES string of the molecule is Cc1cc(S(=O)(=O)C2CC3(CCN(C(C)C)CC3)C2)ccc1Nc1ncc2c(n1)N(C1CCCC1)C(=O)C2C. The summed E-state index contributed by atoms with van der Waals surface area (Å²) in [4.78, 5) is 27.1. The zero-order valence-corrected chi connectivity index (χ0v) is 24.4. The van der Waals surface area contributed by atoms with Crippen LogP contribution in [-0.4, -0.2) is 59.6 Å². The molecule has 1 amide bonds. The van der Waals surface area contributed by atoms with E-state index in [0.717, 1.165) is 81.3 Å². The highest BCUT2D eigenvalue weighted by molar-refractivity contribution is 7.92. The Morgan fingerprint density at radius 3 is 2.44 bits per heavy atom.